The molecule has 6 rings (SSSR count). The summed E-state index contributed by atoms with van der Waals surface area (Å²) in [5, 5.41) is 10.1. The predicted molar refractivity (Wildman–Crippen MR) is 183 cm³/mol. The second-order valence-electron chi connectivity index (χ2n) is 10.8. The lowest BCUT2D eigenvalue weighted by atomic mass is 10.0. The molecule has 1 aromatic heterocycles. The molecule has 0 saturated carbocycles. The maximum Gasteiger partial charge on any atom is 0.335 e. The van der Waals surface area contributed by atoms with Crippen molar-refractivity contribution in [1.29, 1.82) is 0 Å². The van der Waals surface area contributed by atoms with Crippen LogP contribution >= 0.6 is 24.0 Å². The van der Waals surface area contributed by atoms with Gasteiger partial charge in [-0.2, -0.15) is 0 Å². The lowest BCUT2D eigenvalue weighted by Crippen LogP contribution is -2.38. The minimum atomic E-state index is -0.987. The van der Waals surface area contributed by atoms with Gasteiger partial charge in [0.2, 0.25) is 0 Å². The van der Waals surface area contributed by atoms with Crippen LogP contribution in [0.2, 0.25) is 0 Å². The van der Waals surface area contributed by atoms with Crippen LogP contribution < -0.4 is 9.47 Å². The summed E-state index contributed by atoms with van der Waals surface area (Å²) in [6.45, 7) is 5.30. The Kier molecular flexibility index (Phi) is 10.2. The quantitative estimate of drug-likeness (QED) is 0.111. The number of pyridine rings is 1. The number of thioether (sulfide) groups is 1. The van der Waals surface area contributed by atoms with Crippen LogP contribution in [0.5, 0.6) is 11.5 Å². The second-order valence-corrected chi connectivity index (χ2v) is 12.5. The van der Waals surface area contributed by atoms with Crippen LogP contribution in [0, 0.1) is 0 Å². The van der Waals surface area contributed by atoms with Gasteiger partial charge in [0.15, 0.2) is 0 Å². The molecule has 0 aliphatic carbocycles. The van der Waals surface area contributed by atoms with E-state index in [1.807, 2.05) is 36.4 Å². The van der Waals surface area contributed by atoms with Crippen molar-refractivity contribution in [2.75, 3.05) is 52.6 Å². The number of nitrogens with zero attached hydrogens (tertiary/aromatic N) is 3. The number of amides is 1. The van der Waals surface area contributed by atoms with Crippen molar-refractivity contribution in [1.82, 2.24) is 14.8 Å². The molecule has 9 nitrogen and oxygen atoms in total. The monoisotopic (exact) mass is 655 g/mol. The molecule has 236 valence electrons. The molecule has 2 aliphatic heterocycles. The molecule has 0 radical (unpaired) electrons. The molecule has 3 heterocycles. The van der Waals surface area contributed by atoms with Crippen molar-refractivity contribution in [2.45, 2.75) is 6.42 Å². The van der Waals surface area contributed by atoms with E-state index in [4.69, 9.17) is 31.5 Å². The molecule has 11 heteroatoms. The number of thiocarbonyl (C=S) groups is 1. The molecule has 2 aliphatic rings. The smallest absolute Gasteiger partial charge is 0.335 e. The van der Waals surface area contributed by atoms with Gasteiger partial charge >= 0.3 is 5.97 Å². The fourth-order valence-electron chi connectivity index (χ4n) is 5.28. The van der Waals surface area contributed by atoms with E-state index in [0.717, 1.165) is 60.4 Å². The zero-order chi connectivity index (χ0) is 31.9. The molecular formula is C35H33N3O6S2. The van der Waals surface area contributed by atoms with Gasteiger partial charge in [-0.3, -0.25) is 19.6 Å². The molecule has 2 fully saturated rings. The number of hydrogen-bond donors (Lipinski definition) is 1. The Balaban J connectivity index is 1.16. The van der Waals surface area contributed by atoms with E-state index in [9.17, 15) is 9.59 Å². The highest BCUT2D eigenvalue weighted by Gasteiger charge is 2.32. The number of carbonyl (C=O) groups is 2. The van der Waals surface area contributed by atoms with Crippen molar-refractivity contribution < 1.29 is 28.9 Å². The SMILES string of the molecule is O=C(O)c1ccc(OCCCN2C(=O)C(=Cc3cc(-c4ccc5ncccc5c4)ccc3OCCN3CCOCC3)SC2=S)cc1. The molecule has 4 aromatic rings. The number of hydrogen-bond acceptors (Lipinski definition) is 9. The molecule has 3 aromatic carbocycles. The first-order valence-electron chi connectivity index (χ1n) is 15.1. The average molecular weight is 656 g/mol. The number of carboxylic acids is 1. The number of morpholine rings is 1. The van der Waals surface area contributed by atoms with Crippen LogP contribution in [0.15, 0.2) is 83.9 Å². The van der Waals surface area contributed by atoms with Gasteiger partial charge < -0.3 is 19.3 Å². The summed E-state index contributed by atoms with van der Waals surface area (Å²) in [6, 6.07) is 22.4. The number of carboxylic acid groups (broad SMARTS) is 1. The lowest BCUT2D eigenvalue weighted by Gasteiger charge is -2.26. The third-order valence-corrected chi connectivity index (χ3v) is 9.15. The lowest BCUT2D eigenvalue weighted by molar-refractivity contribution is -0.122. The number of carbonyl (C=O) groups excluding carboxylic acids is 1. The fraction of sp³-hybridized carbons (Fsp3) is 0.257. The molecule has 46 heavy (non-hydrogen) atoms. The Morgan fingerprint density at radius 2 is 1.76 bits per heavy atom. The maximum absolute atomic E-state index is 13.5. The summed E-state index contributed by atoms with van der Waals surface area (Å²) in [5.41, 5.74) is 3.98. The summed E-state index contributed by atoms with van der Waals surface area (Å²) in [7, 11) is 0. The minimum Gasteiger partial charge on any atom is -0.494 e. The van der Waals surface area contributed by atoms with Gasteiger partial charge in [0.1, 0.15) is 22.4 Å². The van der Waals surface area contributed by atoms with Crippen LogP contribution in [0.1, 0.15) is 22.3 Å². The molecule has 1 N–H and O–H groups in total. The second kappa shape index (κ2) is 14.9. The first-order chi connectivity index (χ1) is 22.4. The average Bonchev–Trinajstić information content (AvgIpc) is 3.35. The minimum absolute atomic E-state index is 0.151. The molecule has 2 saturated heterocycles. The van der Waals surface area contributed by atoms with Crippen molar-refractivity contribution in [3.8, 4) is 22.6 Å². The van der Waals surface area contributed by atoms with Gasteiger partial charge in [0.05, 0.1) is 35.8 Å². The number of aromatic carboxylic acids is 1. The van der Waals surface area contributed by atoms with E-state index < -0.39 is 5.97 Å². The van der Waals surface area contributed by atoms with E-state index in [2.05, 4.69) is 28.1 Å². The van der Waals surface area contributed by atoms with Gasteiger partial charge in [0.25, 0.3) is 5.91 Å². The highest BCUT2D eigenvalue weighted by molar-refractivity contribution is 8.26. The zero-order valence-electron chi connectivity index (χ0n) is 25.1. The van der Waals surface area contributed by atoms with E-state index in [1.165, 1.54) is 23.9 Å². The van der Waals surface area contributed by atoms with E-state index in [0.29, 0.717) is 46.9 Å². The van der Waals surface area contributed by atoms with Crippen molar-refractivity contribution in [3.63, 3.8) is 0 Å². The Morgan fingerprint density at radius 3 is 2.57 bits per heavy atom. The van der Waals surface area contributed by atoms with Crippen molar-refractivity contribution >= 4 is 57.2 Å². The normalized spacial score (nSPS) is 16.3. The number of fused-ring (bicyclic) bond motifs is 1. The Labute approximate surface area is 276 Å². The molecule has 0 spiro atoms. The van der Waals surface area contributed by atoms with Crippen LogP contribution in [-0.4, -0.2) is 88.7 Å². The highest BCUT2D eigenvalue weighted by atomic mass is 32.2. The number of rotatable bonds is 12. The number of aromatic nitrogens is 1. The summed E-state index contributed by atoms with van der Waals surface area (Å²) >= 11 is 6.87. The van der Waals surface area contributed by atoms with Crippen LogP contribution in [0.3, 0.4) is 0 Å². The molecule has 1 amide bonds. The fourth-order valence-corrected chi connectivity index (χ4v) is 6.58. The number of ether oxygens (including phenoxy) is 3. The van der Waals surface area contributed by atoms with E-state index in [-0.39, 0.29) is 11.5 Å². The van der Waals surface area contributed by atoms with Crippen LogP contribution in [0.25, 0.3) is 28.1 Å². The predicted octanol–water partition coefficient (Wildman–Crippen LogP) is 5.98. The summed E-state index contributed by atoms with van der Waals surface area (Å²) in [5.74, 6) is 0.131. The zero-order valence-corrected chi connectivity index (χ0v) is 26.7. The Hall–Kier alpha value is -4.29. The van der Waals surface area contributed by atoms with Gasteiger partial charge in [-0.1, -0.05) is 42.2 Å². The van der Waals surface area contributed by atoms with E-state index in [1.54, 1.807) is 23.2 Å². The topological polar surface area (TPSA) is 101 Å². The third kappa shape index (κ3) is 7.73. The highest BCUT2D eigenvalue weighted by Crippen LogP contribution is 2.36. The van der Waals surface area contributed by atoms with Gasteiger partial charge in [-0.25, -0.2) is 4.79 Å². The first kappa shape index (κ1) is 31.7. The molecule has 0 atom stereocenters. The molecular weight excluding hydrogens is 623 g/mol. The largest absolute Gasteiger partial charge is 0.494 e. The standard InChI is InChI=1S/C35H33N3O6S2/c39-33-32(46-35(45)38(33)13-2-17-43-29-8-4-24(5-9-29)34(40)41)23-28-22-26(25-6-10-30-27(21-25)3-1-12-36-30)7-11-31(28)44-20-16-37-14-18-42-19-15-37/h1,3-12,21-23H,2,13-20H2,(H,40,41). The van der Waals surface area contributed by atoms with Crippen molar-refractivity contribution in [2.24, 2.45) is 0 Å². The molecule has 0 bridgehead atoms. The van der Waals surface area contributed by atoms with Gasteiger partial charge in [0, 0.05) is 43.3 Å². The van der Waals surface area contributed by atoms with Crippen molar-refractivity contribution in [3.05, 3.63) is 95.0 Å². The first-order valence-corrected chi connectivity index (χ1v) is 16.3. The van der Waals surface area contributed by atoms with Gasteiger partial charge in [-0.15, -0.1) is 0 Å². The van der Waals surface area contributed by atoms with Crippen LogP contribution in [0.4, 0.5) is 0 Å². The van der Waals surface area contributed by atoms with Gasteiger partial charge in [-0.05, 0) is 78.2 Å². The summed E-state index contributed by atoms with van der Waals surface area (Å²) in [6.07, 6.45) is 4.21. The Bertz CT molecular complexity index is 1770. The maximum atomic E-state index is 13.5. The summed E-state index contributed by atoms with van der Waals surface area (Å²) in [4.78, 5) is 33.5. The van der Waals surface area contributed by atoms with E-state index >= 15 is 0 Å². The van der Waals surface area contributed by atoms with Crippen LogP contribution in [-0.2, 0) is 9.53 Å². The Morgan fingerprint density at radius 1 is 0.978 bits per heavy atom. The molecule has 0 unspecified atom stereocenters. The third-order valence-electron chi connectivity index (χ3n) is 7.77. The summed E-state index contributed by atoms with van der Waals surface area (Å²) < 4.78 is 18.0. The number of benzene rings is 3.